The van der Waals surface area contributed by atoms with Crippen molar-refractivity contribution in [3.05, 3.63) is 41.5 Å². The molecule has 52 heavy (non-hydrogen) atoms. The van der Waals surface area contributed by atoms with Crippen molar-refractivity contribution in [1.82, 2.24) is 10.2 Å². The molecule has 0 saturated heterocycles. The quantitative estimate of drug-likeness (QED) is 0.199. The van der Waals surface area contributed by atoms with Crippen molar-refractivity contribution in [3.8, 4) is 0 Å². The summed E-state index contributed by atoms with van der Waals surface area (Å²) in [5.74, 6) is 1.81. The highest BCUT2D eigenvalue weighted by Crippen LogP contribution is 2.77. The SMILES string of the molecule is CCCN(CCNC(=O)[C@]12CC[C@@H](C(C)C)[C@@H]1[C@H]1CC[C@@H]3[C@@]4(C)CC=C(c5ccc(C(=O)O)cc5)C(C)(C)[C@@H]4CC[C@@]3(C)[C@]1(C)CC2)CCC(=O)O. The van der Waals surface area contributed by atoms with Gasteiger partial charge in [0.15, 0.2) is 0 Å². The molecule has 0 heterocycles. The van der Waals surface area contributed by atoms with Gasteiger partial charge < -0.3 is 20.4 Å². The van der Waals surface area contributed by atoms with Crippen LogP contribution in [0.25, 0.3) is 5.57 Å². The Balaban J connectivity index is 1.25. The van der Waals surface area contributed by atoms with Crippen molar-refractivity contribution in [2.45, 2.75) is 126 Å². The fourth-order valence-corrected chi connectivity index (χ4v) is 14.1. The summed E-state index contributed by atoms with van der Waals surface area (Å²) in [5.41, 5.74) is 3.08. The number of carboxylic acids is 2. The molecule has 1 amide bonds. The number of aliphatic carboxylic acids is 1. The minimum absolute atomic E-state index is 0.0227. The average Bonchev–Trinajstić information content (AvgIpc) is 3.49. The van der Waals surface area contributed by atoms with Crippen molar-refractivity contribution >= 4 is 23.4 Å². The predicted molar refractivity (Wildman–Crippen MR) is 208 cm³/mol. The second-order valence-electron chi connectivity index (χ2n) is 19.5. The second-order valence-corrected chi connectivity index (χ2v) is 19.5. The molecule has 4 saturated carbocycles. The molecule has 0 bridgehead atoms. The van der Waals surface area contributed by atoms with E-state index in [-0.39, 0.29) is 39.4 Å². The first-order valence-corrected chi connectivity index (χ1v) is 20.7. The number of carbonyl (C=O) groups excluding carboxylic acids is 1. The summed E-state index contributed by atoms with van der Waals surface area (Å²) in [6.07, 6.45) is 13.7. The number of nitrogens with one attached hydrogen (secondary N) is 1. The highest BCUT2D eigenvalue weighted by Gasteiger charge is 2.71. The maximum Gasteiger partial charge on any atom is 0.335 e. The first-order chi connectivity index (χ1) is 24.5. The van der Waals surface area contributed by atoms with Gasteiger partial charge in [-0.3, -0.25) is 9.59 Å². The summed E-state index contributed by atoms with van der Waals surface area (Å²) in [4.78, 5) is 39.6. The zero-order valence-electron chi connectivity index (χ0n) is 33.5. The fraction of sp³-hybridized carbons (Fsp3) is 0.756. The molecule has 7 nitrogen and oxygen atoms in total. The van der Waals surface area contributed by atoms with Crippen LogP contribution < -0.4 is 5.32 Å². The van der Waals surface area contributed by atoms with Gasteiger partial charge in [0.25, 0.3) is 0 Å². The Labute approximate surface area is 313 Å². The van der Waals surface area contributed by atoms with Gasteiger partial charge in [0.05, 0.1) is 17.4 Å². The largest absolute Gasteiger partial charge is 0.481 e. The lowest BCUT2D eigenvalue weighted by molar-refractivity contribution is -0.227. The number of carboxylic acid groups (broad SMARTS) is 2. The summed E-state index contributed by atoms with van der Waals surface area (Å²) in [5, 5.41) is 22.2. The van der Waals surface area contributed by atoms with E-state index in [1.54, 1.807) is 12.1 Å². The number of amides is 1. The van der Waals surface area contributed by atoms with Gasteiger partial charge in [-0.2, -0.15) is 0 Å². The van der Waals surface area contributed by atoms with Gasteiger partial charge in [0, 0.05) is 19.6 Å². The van der Waals surface area contributed by atoms with Crippen LogP contribution in [0.4, 0.5) is 0 Å². The molecule has 5 aliphatic rings. The van der Waals surface area contributed by atoms with E-state index in [0.717, 1.165) is 50.6 Å². The zero-order valence-corrected chi connectivity index (χ0v) is 33.5. The van der Waals surface area contributed by atoms with Crippen LogP contribution in [0.15, 0.2) is 30.3 Å². The predicted octanol–water partition coefficient (Wildman–Crippen LogP) is 9.42. The minimum Gasteiger partial charge on any atom is -0.481 e. The molecule has 0 radical (unpaired) electrons. The topological polar surface area (TPSA) is 107 Å². The molecule has 6 rings (SSSR count). The minimum atomic E-state index is -0.881. The lowest BCUT2D eigenvalue weighted by atomic mass is 9.32. The highest BCUT2D eigenvalue weighted by atomic mass is 16.4. The number of hydrogen-bond donors (Lipinski definition) is 3. The summed E-state index contributed by atoms with van der Waals surface area (Å²) in [7, 11) is 0. The van der Waals surface area contributed by atoms with Crippen molar-refractivity contribution < 1.29 is 24.6 Å². The van der Waals surface area contributed by atoms with Crippen LogP contribution in [0.1, 0.15) is 142 Å². The maximum atomic E-state index is 14.6. The number of carbonyl (C=O) groups is 3. The van der Waals surface area contributed by atoms with E-state index < -0.39 is 11.9 Å². The molecule has 1 aromatic carbocycles. The monoisotopic (exact) mass is 717 g/mol. The zero-order chi connectivity index (χ0) is 37.9. The molecule has 0 spiro atoms. The molecule has 1 aromatic rings. The Bertz CT molecular complexity index is 1550. The number of allylic oxidation sites excluding steroid dienone is 2. The molecule has 0 aliphatic heterocycles. The normalized spacial score (nSPS) is 37.7. The standard InChI is InChI=1S/C45H68N2O5/c1-9-26-47(27-19-37(48)49)28-25-46-40(52)45-22-16-32(29(2)3)38(45)34-14-15-36-42(6)20-17-33(30-10-12-31(13-11-30)39(50)51)41(4,5)35(42)18-21-44(36,8)43(34,7)23-24-45/h10-13,17,29,32,34-36,38H,9,14-16,18-28H2,1-8H3,(H,46,52)(H,48,49)(H,50,51)/t32-,34+,35-,36+,38+,42-,43+,44+,45-/m0/s1. The Hall–Kier alpha value is -2.67. The summed E-state index contributed by atoms with van der Waals surface area (Å²) in [6.45, 7) is 22.3. The summed E-state index contributed by atoms with van der Waals surface area (Å²) >= 11 is 0. The Morgan fingerprint density at radius 2 is 1.56 bits per heavy atom. The van der Waals surface area contributed by atoms with Gasteiger partial charge in [0.2, 0.25) is 5.91 Å². The van der Waals surface area contributed by atoms with E-state index in [9.17, 15) is 24.6 Å². The molecule has 3 N–H and O–H groups in total. The molecule has 288 valence electrons. The van der Waals surface area contributed by atoms with E-state index in [1.165, 1.54) is 31.3 Å². The summed E-state index contributed by atoms with van der Waals surface area (Å²) < 4.78 is 0. The Kier molecular flexibility index (Phi) is 10.7. The maximum absolute atomic E-state index is 14.6. The van der Waals surface area contributed by atoms with E-state index >= 15 is 0 Å². The fourth-order valence-electron chi connectivity index (χ4n) is 14.1. The van der Waals surface area contributed by atoms with Gasteiger partial charge in [-0.15, -0.1) is 0 Å². The number of fused-ring (bicyclic) bond motifs is 7. The van der Waals surface area contributed by atoms with Gasteiger partial charge >= 0.3 is 11.9 Å². The average molecular weight is 717 g/mol. The number of aromatic carboxylic acids is 1. The summed E-state index contributed by atoms with van der Waals surface area (Å²) in [6, 6.07) is 7.53. The van der Waals surface area contributed by atoms with Crippen LogP contribution in [0.5, 0.6) is 0 Å². The molecule has 0 unspecified atom stereocenters. The third-order valence-electron chi connectivity index (χ3n) is 16.7. The number of hydrogen-bond acceptors (Lipinski definition) is 4. The van der Waals surface area contributed by atoms with E-state index in [1.807, 2.05) is 12.1 Å². The van der Waals surface area contributed by atoms with Crippen molar-refractivity contribution in [1.29, 1.82) is 0 Å². The lowest BCUT2D eigenvalue weighted by Gasteiger charge is -2.72. The smallest absolute Gasteiger partial charge is 0.335 e. The van der Waals surface area contributed by atoms with E-state index in [0.29, 0.717) is 60.7 Å². The number of benzene rings is 1. The van der Waals surface area contributed by atoms with Crippen LogP contribution in [0.3, 0.4) is 0 Å². The van der Waals surface area contributed by atoms with Gasteiger partial charge in [-0.25, -0.2) is 4.79 Å². The van der Waals surface area contributed by atoms with Gasteiger partial charge in [-0.1, -0.05) is 73.6 Å². The molecule has 9 atom stereocenters. The van der Waals surface area contributed by atoms with Crippen LogP contribution in [0, 0.1) is 62.6 Å². The van der Waals surface area contributed by atoms with Crippen molar-refractivity contribution in [3.63, 3.8) is 0 Å². The second kappa shape index (κ2) is 14.2. The van der Waals surface area contributed by atoms with E-state index in [4.69, 9.17) is 0 Å². The van der Waals surface area contributed by atoms with Crippen molar-refractivity contribution in [2.24, 2.45) is 62.6 Å². The first-order valence-electron chi connectivity index (χ1n) is 20.7. The molecular formula is C45H68N2O5. The van der Waals surface area contributed by atoms with E-state index in [2.05, 4.69) is 71.7 Å². The van der Waals surface area contributed by atoms with Crippen LogP contribution in [0.2, 0.25) is 0 Å². The molecular weight excluding hydrogens is 649 g/mol. The molecule has 5 aliphatic carbocycles. The molecule has 7 heteroatoms. The number of nitrogens with zero attached hydrogens (tertiary/aromatic N) is 1. The Morgan fingerprint density at radius 3 is 2.19 bits per heavy atom. The molecule has 0 aromatic heterocycles. The third-order valence-corrected chi connectivity index (χ3v) is 16.7. The Morgan fingerprint density at radius 1 is 0.846 bits per heavy atom. The number of rotatable bonds is 12. The first kappa shape index (κ1) is 39.0. The van der Waals surface area contributed by atoms with Crippen LogP contribution in [-0.2, 0) is 9.59 Å². The van der Waals surface area contributed by atoms with Crippen LogP contribution >= 0.6 is 0 Å². The van der Waals surface area contributed by atoms with Gasteiger partial charge in [0.1, 0.15) is 0 Å². The van der Waals surface area contributed by atoms with Crippen molar-refractivity contribution in [2.75, 3.05) is 26.2 Å². The lowest BCUT2D eigenvalue weighted by Crippen LogP contribution is -2.66. The van der Waals surface area contributed by atoms with Gasteiger partial charge in [-0.05, 0) is 151 Å². The third kappa shape index (κ3) is 6.17. The highest BCUT2D eigenvalue weighted by molar-refractivity contribution is 5.88. The van der Waals surface area contributed by atoms with Crippen LogP contribution in [-0.4, -0.2) is 59.1 Å². The molecule has 4 fully saturated rings.